The fourth-order valence-corrected chi connectivity index (χ4v) is 3.07. The van der Waals surface area contributed by atoms with Crippen molar-refractivity contribution >= 4 is 44.4 Å². The van der Waals surface area contributed by atoms with Gasteiger partial charge in [-0.1, -0.05) is 11.6 Å². The Morgan fingerprint density at radius 1 is 1.28 bits per heavy atom. The van der Waals surface area contributed by atoms with Crippen molar-refractivity contribution in [3.05, 3.63) is 27.8 Å². The number of benzene rings is 1. The molecule has 0 saturated carbocycles. The Balaban J connectivity index is 0.00000225. The number of aliphatic carboxylic acids is 1. The number of carboxylic acid groups (broad SMARTS) is 1. The molecule has 3 rings (SSSR count). The second kappa shape index (κ2) is 8.12. The van der Waals surface area contributed by atoms with Gasteiger partial charge in [0, 0.05) is 10.7 Å². The van der Waals surface area contributed by atoms with E-state index in [1.54, 1.807) is 12.1 Å². The molecule has 0 aliphatic carbocycles. The van der Waals surface area contributed by atoms with E-state index in [0.717, 1.165) is 0 Å². The number of nitrogens with one attached hydrogen (secondary N) is 1. The summed E-state index contributed by atoms with van der Waals surface area (Å²) in [5, 5.41) is 41.2. The van der Waals surface area contributed by atoms with Gasteiger partial charge in [0.25, 0.3) is 0 Å². The van der Waals surface area contributed by atoms with Crippen LogP contribution in [-0.2, 0) is 9.53 Å². The SMILES string of the molecule is O=C([O-])[C@@H]1O[C@H](Oc2c[nH]c3ccc(Br)c(Cl)c23)[C@@H](O)[C@H](O)[C@@H]1O.[Na+]. The van der Waals surface area contributed by atoms with Crippen LogP contribution < -0.4 is 39.4 Å². The summed E-state index contributed by atoms with van der Waals surface area (Å²) in [6.45, 7) is 0. The third-order valence-electron chi connectivity index (χ3n) is 3.75. The molecule has 0 amide bonds. The number of ether oxygens (including phenoxy) is 2. The van der Waals surface area contributed by atoms with Crippen LogP contribution in [0.2, 0.25) is 5.02 Å². The molecule has 2 aromatic rings. The van der Waals surface area contributed by atoms with Crippen molar-refractivity contribution in [1.82, 2.24) is 4.98 Å². The summed E-state index contributed by atoms with van der Waals surface area (Å²) in [4.78, 5) is 13.9. The first-order valence-electron chi connectivity index (χ1n) is 6.83. The van der Waals surface area contributed by atoms with Crippen LogP contribution in [0.4, 0.5) is 0 Å². The average Bonchev–Trinajstić information content (AvgIpc) is 2.94. The van der Waals surface area contributed by atoms with Crippen molar-refractivity contribution in [2.24, 2.45) is 0 Å². The minimum Gasteiger partial charge on any atom is -0.547 e. The van der Waals surface area contributed by atoms with Gasteiger partial charge in [-0.05, 0) is 28.1 Å². The van der Waals surface area contributed by atoms with E-state index in [0.29, 0.717) is 20.4 Å². The molecule has 1 aromatic heterocycles. The molecule has 0 bridgehead atoms. The Labute approximate surface area is 177 Å². The maximum atomic E-state index is 11.0. The quantitative estimate of drug-likeness (QED) is 0.361. The number of aromatic amines is 1. The van der Waals surface area contributed by atoms with Crippen molar-refractivity contribution in [1.29, 1.82) is 0 Å². The largest absolute Gasteiger partial charge is 1.00 e. The molecular weight excluding hydrogens is 433 g/mol. The standard InChI is InChI=1S/C14H13BrClNO7.Na/c15-4-1-2-5-7(8(4)16)6(3-17-5)23-14-11(20)9(18)10(19)12(24-14)13(21)22;/h1-3,9-12,14,17-20H,(H,21,22);/q;+1/p-1/t9-,10+,11+,12-,14+;/m1./s1. The van der Waals surface area contributed by atoms with Crippen molar-refractivity contribution in [3.8, 4) is 5.75 Å². The van der Waals surface area contributed by atoms with Crippen LogP contribution in [0.15, 0.2) is 22.8 Å². The minimum atomic E-state index is -1.85. The molecule has 1 fully saturated rings. The number of aliphatic hydroxyl groups is 3. The number of carbonyl (C=O) groups excluding carboxylic acids is 1. The number of halogens is 2. The smallest absolute Gasteiger partial charge is 0.547 e. The van der Waals surface area contributed by atoms with Crippen LogP contribution in [0.25, 0.3) is 10.9 Å². The summed E-state index contributed by atoms with van der Waals surface area (Å²) < 4.78 is 11.1. The zero-order chi connectivity index (χ0) is 17.6. The summed E-state index contributed by atoms with van der Waals surface area (Å²) in [6, 6.07) is 3.46. The first kappa shape index (κ1) is 20.9. The van der Waals surface area contributed by atoms with Gasteiger partial charge in [0.1, 0.15) is 30.2 Å². The number of aliphatic hydroxyl groups excluding tert-OH is 3. The monoisotopic (exact) mass is 443 g/mol. The molecule has 4 N–H and O–H groups in total. The van der Waals surface area contributed by atoms with Crippen molar-refractivity contribution < 1.29 is 64.3 Å². The molecule has 0 unspecified atom stereocenters. The molecule has 0 radical (unpaired) electrons. The van der Waals surface area contributed by atoms with Crippen LogP contribution in [0, 0.1) is 0 Å². The van der Waals surface area contributed by atoms with Crippen LogP contribution >= 0.6 is 27.5 Å². The van der Waals surface area contributed by atoms with Gasteiger partial charge in [0.15, 0.2) is 0 Å². The topological polar surface area (TPSA) is 135 Å². The predicted molar refractivity (Wildman–Crippen MR) is 83.3 cm³/mol. The van der Waals surface area contributed by atoms with Gasteiger partial charge < -0.3 is 39.7 Å². The maximum Gasteiger partial charge on any atom is 1.00 e. The first-order valence-corrected chi connectivity index (χ1v) is 8.00. The van der Waals surface area contributed by atoms with Gasteiger partial charge in [-0.2, -0.15) is 0 Å². The molecule has 1 aliphatic rings. The van der Waals surface area contributed by atoms with E-state index in [-0.39, 0.29) is 35.3 Å². The normalized spacial score (nSPS) is 29.2. The Hall–Kier alpha value is -0.360. The van der Waals surface area contributed by atoms with Crippen molar-refractivity contribution in [3.63, 3.8) is 0 Å². The van der Waals surface area contributed by atoms with E-state index in [2.05, 4.69) is 20.9 Å². The van der Waals surface area contributed by atoms with Crippen molar-refractivity contribution in [2.75, 3.05) is 0 Å². The molecular formula is C14H12BrClNNaO7. The van der Waals surface area contributed by atoms with E-state index in [4.69, 9.17) is 21.1 Å². The molecule has 8 nitrogen and oxygen atoms in total. The predicted octanol–water partition coefficient (Wildman–Crippen LogP) is -3.48. The van der Waals surface area contributed by atoms with E-state index in [1.165, 1.54) is 6.20 Å². The fourth-order valence-electron chi connectivity index (χ4n) is 2.49. The summed E-state index contributed by atoms with van der Waals surface area (Å²) >= 11 is 9.49. The molecule has 1 aromatic carbocycles. The summed E-state index contributed by atoms with van der Waals surface area (Å²) in [5.74, 6) is -1.55. The number of carbonyl (C=O) groups is 1. The molecule has 0 spiro atoms. The summed E-state index contributed by atoms with van der Waals surface area (Å²) in [7, 11) is 0. The van der Waals surface area contributed by atoms with Crippen LogP contribution in [0.3, 0.4) is 0 Å². The molecule has 1 saturated heterocycles. The number of hydrogen-bond acceptors (Lipinski definition) is 7. The first-order chi connectivity index (χ1) is 11.3. The number of aromatic nitrogens is 1. The van der Waals surface area contributed by atoms with Crippen LogP contribution in [0.1, 0.15) is 0 Å². The van der Waals surface area contributed by atoms with E-state index in [9.17, 15) is 25.2 Å². The molecule has 11 heteroatoms. The van der Waals surface area contributed by atoms with E-state index in [1.807, 2.05) is 0 Å². The Kier molecular flexibility index (Phi) is 6.80. The summed E-state index contributed by atoms with van der Waals surface area (Å²) in [5.41, 5.74) is 0.639. The van der Waals surface area contributed by atoms with E-state index < -0.39 is 36.7 Å². The van der Waals surface area contributed by atoms with Gasteiger partial charge in [-0.25, -0.2) is 0 Å². The molecule has 130 valence electrons. The number of hydrogen-bond donors (Lipinski definition) is 4. The minimum absolute atomic E-state index is 0. The summed E-state index contributed by atoms with van der Waals surface area (Å²) in [6.07, 6.45) is -7.23. The van der Waals surface area contributed by atoms with Gasteiger partial charge in [0.2, 0.25) is 6.29 Å². The third-order valence-corrected chi connectivity index (χ3v) is 5.03. The fraction of sp³-hybridized carbons (Fsp3) is 0.357. The number of H-pyrrole nitrogens is 1. The van der Waals surface area contributed by atoms with Gasteiger partial charge >= 0.3 is 29.6 Å². The molecule has 2 heterocycles. The van der Waals surface area contributed by atoms with Gasteiger partial charge in [-0.15, -0.1) is 0 Å². The van der Waals surface area contributed by atoms with Crippen LogP contribution in [0.5, 0.6) is 5.75 Å². The Bertz CT molecular complexity index is 788. The number of rotatable bonds is 3. The Morgan fingerprint density at radius 3 is 2.60 bits per heavy atom. The Morgan fingerprint density at radius 2 is 1.96 bits per heavy atom. The second-order valence-corrected chi connectivity index (χ2v) is 6.50. The molecule has 1 aliphatic heterocycles. The van der Waals surface area contributed by atoms with Gasteiger partial charge in [0.05, 0.1) is 21.9 Å². The van der Waals surface area contributed by atoms with E-state index >= 15 is 0 Å². The van der Waals surface area contributed by atoms with Gasteiger partial charge in [-0.3, -0.25) is 0 Å². The maximum absolute atomic E-state index is 11.0. The van der Waals surface area contributed by atoms with Crippen molar-refractivity contribution in [2.45, 2.75) is 30.7 Å². The second-order valence-electron chi connectivity index (χ2n) is 5.27. The molecule has 5 atom stereocenters. The zero-order valence-electron chi connectivity index (χ0n) is 12.8. The zero-order valence-corrected chi connectivity index (χ0v) is 17.2. The molecule has 25 heavy (non-hydrogen) atoms. The number of carboxylic acids is 1. The third kappa shape index (κ3) is 3.85. The average molecular weight is 445 g/mol. The number of fused-ring (bicyclic) bond motifs is 1. The van der Waals surface area contributed by atoms with Crippen LogP contribution in [-0.4, -0.2) is 57.0 Å².